The van der Waals surface area contributed by atoms with E-state index >= 15 is 0 Å². The van der Waals surface area contributed by atoms with E-state index in [0.29, 0.717) is 16.7 Å². The van der Waals surface area contributed by atoms with Crippen molar-refractivity contribution in [2.24, 2.45) is 5.92 Å². The zero-order valence-electron chi connectivity index (χ0n) is 11.0. The van der Waals surface area contributed by atoms with Crippen LogP contribution >= 0.6 is 0 Å². The predicted molar refractivity (Wildman–Crippen MR) is 70.1 cm³/mol. The zero-order chi connectivity index (χ0) is 13.7. The summed E-state index contributed by atoms with van der Waals surface area (Å²) in [6.45, 7) is 5.32. The van der Waals surface area contributed by atoms with Crippen molar-refractivity contribution >= 4 is 17.9 Å². The molecule has 3 nitrogen and oxygen atoms in total. The van der Waals surface area contributed by atoms with Crippen LogP contribution in [0.5, 0.6) is 0 Å². The molecule has 1 aliphatic rings. The highest BCUT2D eigenvalue weighted by atomic mass is 16.1. The Morgan fingerprint density at radius 3 is 2.56 bits per heavy atom. The molecule has 1 aliphatic carbocycles. The average Bonchev–Trinajstić information content (AvgIpc) is 2.33. The number of hydrogen-bond donors (Lipinski definition) is 0. The van der Waals surface area contributed by atoms with E-state index < -0.39 is 0 Å². The second-order valence-corrected chi connectivity index (χ2v) is 4.70. The Kier molecular flexibility index (Phi) is 4.95. The van der Waals surface area contributed by atoms with Gasteiger partial charge in [-0.15, -0.1) is 0 Å². The lowest BCUT2D eigenvalue weighted by Gasteiger charge is -2.16. The maximum atomic E-state index is 11.8. The van der Waals surface area contributed by atoms with Gasteiger partial charge in [0.05, 0.1) is 0 Å². The summed E-state index contributed by atoms with van der Waals surface area (Å²) in [5.74, 6) is -0.131. The molecule has 0 spiro atoms. The van der Waals surface area contributed by atoms with Crippen molar-refractivity contribution < 1.29 is 14.4 Å². The van der Waals surface area contributed by atoms with Gasteiger partial charge in [0.1, 0.15) is 6.29 Å². The fourth-order valence-corrected chi connectivity index (χ4v) is 1.83. The van der Waals surface area contributed by atoms with Crippen molar-refractivity contribution in [2.45, 2.75) is 33.6 Å². The van der Waals surface area contributed by atoms with Crippen LogP contribution in [0.4, 0.5) is 0 Å². The lowest BCUT2D eigenvalue weighted by molar-refractivity contribution is -0.115. The Morgan fingerprint density at radius 1 is 1.28 bits per heavy atom. The van der Waals surface area contributed by atoms with Crippen LogP contribution in [0, 0.1) is 5.92 Å². The summed E-state index contributed by atoms with van der Waals surface area (Å²) in [6.07, 6.45) is 6.99. The molecule has 0 N–H and O–H groups in total. The summed E-state index contributed by atoms with van der Waals surface area (Å²) >= 11 is 0. The third kappa shape index (κ3) is 3.62. The molecule has 18 heavy (non-hydrogen) atoms. The van der Waals surface area contributed by atoms with Crippen LogP contribution in [0.15, 0.2) is 34.9 Å². The summed E-state index contributed by atoms with van der Waals surface area (Å²) < 4.78 is 0. The average molecular weight is 246 g/mol. The molecule has 0 aliphatic heterocycles. The third-order valence-electron chi connectivity index (χ3n) is 3.09. The Hall–Kier alpha value is -1.77. The van der Waals surface area contributed by atoms with Gasteiger partial charge in [-0.05, 0) is 50.3 Å². The lowest BCUT2D eigenvalue weighted by atomic mass is 9.87. The van der Waals surface area contributed by atoms with Crippen molar-refractivity contribution in [1.29, 1.82) is 0 Å². The molecule has 1 rings (SSSR count). The van der Waals surface area contributed by atoms with E-state index in [2.05, 4.69) is 0 Å². The molecule has 0 saturated carbocycles. The Labute approximate surface area is 107 Å². The quantitative estimate of drug-likeness (QED) is 0.425. The van der Waals surface area contributed by atoms with Gasteiger partial charge in [0.2, 0.25) is 0 Å². The summed E-state index contributed by atoms with van der Waals surface area (Å²) in [6, 6.07) is 0. The topological polar surface area (TPSA) is 51.2 Å². The molecule has 0 fully saturated rings. The molecule has 3 heteroatoms. The van der Waals surface area contributed by atoms with Gasteiger partial charge < -0.3 is 0 Å². The molecule has 0 heterocycles. The van der Waals surface area contributed by atoms with Crippen LogP contribution in [0.1, 0.15) is 33.6 Å². The van der Waals surface area contributed by atoms with Crippen molar-refractivity contribution in [3.63, 3.8) is 0 Å². The van der Waals surface area contributed by atoms with E-state index in [1.165, 1.54) is 12.2 Å². The third-order valence-corrected chi connectivity index (χ3v) is 3.09. The van der Waals surface area contributed by atoms with Gasteiger partial charge in [-0.25, -0.2) is 0 Å². The number of rotatable bonds is 5. The van der Waals surface area contributed by atoms with Gasteiger partial charge in [0.25, 0.3) is 0 Å². The zero-order valence-corrected chi connectivity index (χ0v) is 11.0. The van der Waals surface area contributed by atoms with Gasteiger partial charge >= 0.3 is 0 Å². The molecule has 1 unspecified atom stereocenters. The first-order valence-corrected chi connectivity index (χ1v) is 6.06. The van der Waals surface area contributed by atoms with Crippen LogP contribution in [0.3, 0.4) is 0 Å². The highest BCUT2D eigenvalue weighted by Gasteiger charge is 2.21. The highest BCUT2D eigenvalue weighted by molar-refractivity contribution is 6.19. The van der Waals surface area contributed by atoms with Crippen LogP contribution in [-0.2, 0) is 14.4 Å². The number of ketones is 2. The molecule has 0 amide bonds. The number of aldehydes is 1. The highest BCUT2D eigenvalue weighted by Crippen LogP contribution is 2.22. The first-order valence-electron chi connectivity index (χ1n) is 6.06. The first kappa shape index (κ1) is 14.3. The number of carbonyl (C=O) groups excluding carboxylic acids is 3. The number of allylic oxidation sites excluding steroid dienone is 6. The molecule has 96 valence electrons. The molecular weight excluding hydrogens is 228 g/mol. The summed E-state index contributed by atoms with van der Waals surface area (Å²) in [4.78, 5) is 33.7. The smallest absolute Gasteiger partial charge is 0.182 e. The van der Waals surface area contributed by atoms with Crippen LogP contribution in [0.2, 0.25) is 0 Å². The standard InChI is InChI=1S/C15H18O3/c1-10(9-16)5-4-6-11(2)13-8-14(17)12(3)7-15(13)18/h5,7-9,11H,4,6H2,1-3H3. The predicted octanol–water partition coefficient (Wildman–Crippen LogP) is 2.57. The fourth-order valence-electron chi connectivity index (χ4n) is 1.83. The molecule has 0 aromatic carbocycles. The van der Waals surface area contributed by atoms with Crippen LogP contribution in [0.25, 0.3) is 0 Å². The number of hydrogen-bond acceptors (Lipinski definition) is 3. The van der Waals surface area contributed by atoms with Gasteiger partial charge in [0, 0.05) is 11.1 Å². The van der Waals surface area contributed by atoms with Crippen molar-refractivity contribution in [1.82, 2.24) is 0 Å². The van der Waals surface area contributed by atoms with Gasteiger partial charge in [-0.1, -0.05) is 13.0 Å². The second-order valence-electron chi connectivity index (χ2n) is 4.70. The summed E-state index contributed by atoms with van der Waals surface area (Å²) in [7, 11) is 0. The monoisotopic (exact) mass is 246 g/mol. The van der Waals surface area contributed by atoms with Gasteiger partial charge in [-0.2, -0.15) is 0 Å². The Morgan fingerprint density at radius 2 is 1.94 bits per heavy atom. The van der Waals surface area contributed by atoms with Crippen LogP contribution in [-0.4, -0.2) is 17.9 Å². The summed E-state index contributed by atoms with van der Waals surface area (Å²) in [5.41, 5.74) is 1.76. The van der Waals surface area contributed by atoms with E-state index in [1.54, 1.807) is 13.8 Å². The molecule has 0 aromatic rings. The fraction of sp³-hybridized carbons (Fsp3) is 0.400. The Balaban J connectivity index is 2.66. The minimum atomic E-state index is -0.0870. The Bertz CT molecular complexity index is 464. The van der Waals surface area contributed by atoms with E-state index in [1.807, 2.05) is 13.0 Å². The SMILES string of the molecule is CC(C=O)=CCCC(C)C1=CC(=O)C(C)=CC1=O. The van der Waals surface area contributed by atoms with Gasteiger partial charge in [-0.3, -0.25) is 14.4 Å². The maximum Gasteiger partial charge on any atom is 0.182 e. The van der Waals surface area contributed by atoms with E-state index in [-0.39, 0.29) is 17.5 Å². The van der Waals surface area contributed by atoms with Crippen LogP contribution < -0.4 is 0 Å². The normalized spacial score (nSPS) is 18.3. The molecule has 0 radical (unpaired) electrons. The largest absolute Gasteiger partial charge is 0.298 e. The van der Waals surface area contributed by atoms with E-state index in [4.69, 9.17) is 0 Å². The minimum absolute atomic E-state index is 0.0292. The lowest BCUT2D eigenvalue weighted by Crippen LogP contribution is -2.16. The van der Waals surface area contributed by atoms with Crippen molar-refractivity contribution in [2.75, 3.05) is 0 Å². The van der Waals surface area contributed by atoms with Crippen molar-refractivity contribution in [3.8, 4) is 0 Å². The molecular formula is C15H18O3. The van der Waals surface area contributed by atoms with E-state index in [9.17, 15) is 14.4 Å². The first-order chi connectivity index (χ1) is 8.45. The maximum absolute atomic E-state index is 11.8. The van der Waals surface area contributed by atoms with Crippen molar-refractivity contribution in [3.05, 3.63) is 34.9 Å². The molecule has 1 atom stereocenters. The van der Waals surface area contributed by atoms with E-state index in [0.717, 1.165) is 19.1 Å². The molecule has 0 bridgehead atoms. The minimum Gasteiger partial charge on any atom is -0.298 e. The molecule has 0 aromatic heterocycles. The second kappa shape index (κ2) is 6.24. The summed E-state index contributed by atoms with van der Waals surface area (Å²) in [5, 5.41) is 0. The number of carbonyl (C=O) groups is 3. The van der Waals surface area contributed by atoms with Gasteiger partial charge in [0.15, 0.2) is 11.6 Å². The molecule has 0 saturated heterocycles.